The molecule has 2 heterocycles. The number of rotatable bonds is 4. The Hall–Kier alpha value is -2.75. The van der Waals surface area contributed by atoms with Crippen LogP contribution in [0.15, 0.2) is 41.8 Å². The predicted molar refractivity (Wildman–Crippen MR) is 73.3 cm³/mol. The van der Waals surface area contributed by atoms with Crippen LogP contribution in [0.25, 0.3) is 5.69 Å². The molecular weight excluding hydrogens is 294 g/mol. The molecule has 0 saturated heterocycles. The number of hydrogen-bond donors (Lipinski definition) is 2. The average Bonchev–Trinajstić information content (AvgIpc) is 3.12. The highest BCUT2D eigenvalue weighted by molar-refractivity contribution is 7.92. The van der Waals surface area contributed by atoms with E-state index in [1.807, 2.05) is 6.92 Å². The first kappa shape index (κ1) is 13.2. The van der Waals surface area contributed by atoms with Gasteiger partial charge in [0.1, 0.15) is 11.2 Å². The molecule has 0 amide bonds. The third-order valence-corrected chi connectivity index (χ3v) is 4.18. The minimum Gasteiger partial charge on any atom is -0.284 e. The van der Waals surface area contributed by atoms with E-state index >= 15 is 0 Å². The van der Waals surface area contributed by atoms with Gasteiger partial charge in [0, 0.05) is 11.9 Å². The number of nitrogens with one attached hydrogen (secondary N) is 2. The lowest BCUT2D eigenvalue weighted by molar-refractivity contribution is 0.601. The quantitative estimate of drug-likeness (QED) is 0.724. The maximum Gasteiger partial charge on any atom is 0.265 e. The van der Waals surface area contributed by atoms with Crippen molar-refractivity contribution in [1.82, 2.24) is 30.4 Å². The molecule has 0 spiro atoms. The van der Waals surface area contributed by atoms with Gasteiger partial charge in [0.25, 0.3) is 10.0 Å². The van der Waals surface area contributed by atoms with Crippen LogP contribution in [0.5, 0.6) is 0 Å². The van der Waals surface area contributed by atoms with Gasteiger partial charge in [0.2, 0.25) is 0 Å². The molecule has 3 aromatic rings. The Balaban J connectivity index is 1.90. The topological polar surface area (TPSA) is 118 Å². The minimum absolute atomic E-state index is 0.0738. The second-order valence-electron chi connectivity index (χ2n) is 4.30. The van der Waals surface area contributed by atoms with Crippen molar-refractivity contribution in [2.75, 3.05) is 4.72 Å². The fraction of sp³-hybridized carbons (Fsp3) is 0.0909. The molecule has 0 atom stereocenters. The monoisotopic (exact) mass is 305 g/mol. The van der Waals surface area contributed by atoms with Gasteiger partial charge in [-0.15, -0.1) is 5.10 Å². The van der Waals surface area contributed by atoms with Gasteiger partial charge in [-0.1, -0.05) is 0 Å². The zero-order valence-corrected chi connectivity index (χ0v) is 11.7. The van der Waals surface area contributed by atoms with Crippen LogP contribution >= 0.6 is 0 Å². The van der Waals surface area contributed by atoms with Gasteiger partial charge in [-0.25, -0.2) is 13.1 Å². The zero-order valence-electron chi connectivity index (χ0n) is 10.9. The largest absolute Gasteiger partial charge is 0.284 e. The lowest BCUT2D eigenvalue weighted by Gasteiger charge is -2.09. The number of H-pyrrole nitrogens is 1. The zero-order chi connectivity index (χ0) is 14.9. The van der Waals surface area contributed by atoms with Crippen molar-refractivity contribution in [1.29, 1.82) is 0 Å². The molecule has 0 saturated carbocycles. The highest BCUT2D eigenvalue weighted by Crippen LogP contribution is 2.20. The predicted octanol–water partition coefficient (Wildman–Crippen LogP) is 0.495. The van der Waals surface area contributed by atoms with Gasteiger partial charge in [-0.3, -0.25) is 9.82 Å². The molecule has 0 radical (unpaired) electrons. The summed E-state index contributed by atoms with van der Waals surface area (Å²) in [4.78, 5) is 0.0738. The number of nitrogens with zero attached hydrogens (tertiary/aromatic N) is 5. The van der Waals surface area contributed by atoms with Crippen LogP contribution in [0.1, 0.15) is 5.56 Å². The first-order valence-corrected chi connectivity index (χ1v) is 7.40. The second kappa shape index (κ2) is 4.98. The van der Waals surface area contributed by atoms with Crippen molar-refractivity contribution in [3.63, 3.8) is 0 Å². The Morgan fingerprint density at radius 3 is 2.81 bits per heavy atom. The second-order valence-corrected chi connectivity index (χ2v) is 5.98. The van der Waals surface area contributed by atoms with Gasteiger partial charge in [-0.2, -0.15) is 5.10 Å². The summed E-state index contributed by atoms with van der Waals surface area (Å²) in [6.07, 6.45) is 4.02. The van der Waals surface area contributed by atoms with Crippen LogP contribution in [-0.4, -0.2) is 38.8 Å². The Morgan fingerprint density at radius 2 is 2.19 bits per heavy atom. The first-order chi connectivity index (χ1) is 10.1. The van der Waals surface area contributed by atoms with E-state index < -0.39 is 10.0 Å². The minimum atomic E-state index is -3.64. The number of tetrazole rings is 1. The van der Waals surface area contributed by atoms with E-state index in [1.165, 1.54) is 23.4 Å². The summed E-state index contributed by atoms with van der Waals surface area (Å²) in [5, 5.41) is 17.0. The fourth-order valence-electron chi connectivity index (χ4n) is 1.85. The molecule has 2 N–H and O–H groups in total. The lowest BCUT2D eigenvalue weighted by atomic mass is 10.2. The summed E-state index contributed by atoms with van der Waals surface area (Å²) >= 11 is 0. The number of sulfonamides is 1. The fourth-order valence-corrected chi connectivity index (χ4v) is 2.80. The van der Waals surface area contributed by atoms with Crippen LogP contribution < -0.4 is 4.72 Å². The SMILES string of the molecule is Cc1cc(NS(=O)(=O)c2cn[nH]c2)ccc1-n1cnnn1. The van der Waals surface area contributed by atoms with E-state index in [-0.39, 0.29) is 4.90 Å². The lowest BCUT2D eigenvalue weighted by Crippen LogP contribution is -2.12. The van der Waals surface area contributed by atoms with Crippen LogP contribution in [0.2, 0.25) is 0 Å². The third kappa shape index (κ3) is 2.60. The smallest absolute Gasteiger partial charge is 0.265 e. The van der Waals surface area contributed by atoms with Crippen molar-refractivity contribution in [2.24, 2.45) is 0 Å². The summed E-state index contributed by atoms with van der Waals surface area (Å²) in [5.41, 5.74) is 2.05. The van der Waals surface area contributed by atoms with E-state index in [4.69, 9.17) is 0 Å². The molecule has 0 fully saturated rings. The molecule has 0 aliphatic heterocycles. The van der Waals surface area contributed by atoms with Crippen LogP contribution in [0.3, 0.4) is 0 Å². The van der Waals surface area contributed by atoms with Crippen molar-refractivity contribution in [3.8, 4) is 5.69 Å². The van der Waals surface area contributed by atoms with E-state index in [9.17, 15) is 8.42 Å². The summed E-state index contributed by atoms with van der Waals surface area (Å²) < 4.78 is 28.1. The van der Waals surface area contributed by atoms with Crippen LogP contribution in [-0.2, 0) is 10.0 Å². The number of hydrogen-bond acceptors (Lipinski definition) is 6. The molecule has 9 nitrogen and oxygen atoms in total. The number of aromatic amines is 1. The van der Waals surface area contributed by atoms with E-state index in [0.29, 0.717) is 5.69 Å². The summed E-state index contributed by atoms with van der Waals surface area (Å²) in [7, 11) is -3.64. The molecule has 1 aromatic carbocycles. The standard InChI is InChI=1S/C11H11N7O2S/c1-8-4-9(2-3-11(8)18-7-14-16-17-18)15-21(19,20)10-5-12-13-6-10/h2-7,15H,1H3,(H,12,13). The van der Waals surface area contributed by atoms with Gasteiger partial charge >= 0.3 is 0 Å². The number of aromatic nitrogens is 6. The van der Waals surface area contributed by atoms with Gasteiger partial charge in [0.15, 0.2) is 0 Å². The molecule has 2 aromatic heterocycles. The van der Waals surface area contributed by atoms with Crippen LogP contribution in [0.4, 0.5) is 5.69 Å². The molecule has 0 aliphatic carbocycles. The van der Waals surface area contributed by atoms with Gasteiger partial charge in [0.05, 0.1) is 11.9 Å². The number of anilines is 1. The van der Waals surface area contributed by atoms with E-state index in [0.717, 1.165) is 11.3 Å². The molecule has 0 unspecified atom stereocenters. The summed E-state index contributed by atoms with van der Waals surface area (Å²) in [5.74, 6) is 0. The van der Waals surface area contributed by atoms with Gasteiger partial charge < -0.3 is 0 Å². The maximum atomic E-state index is 12.1. The Labute approximate surface area is 120 Å². The maximum absolute atomic E-state index is 12.1. The van der Waals surface area contributed by atoms with Crippen molar-refractivity contribution in [2.45, 2.75) is 11.8 Å². The third-order valence-electron chi connectivity index (χ3n) is 2.83. The number of benzene rings is 1. The first-order valence-electron chi connectivity index (χ1n) is 5.92. The van der Waals surface area contributed by atoms with Gasteiger partial charge in [-0.05, 0) is 41.1 Å². The van der Waals surface area contributed by atoms with Crippen molar-refractivity contribution < 1.29 is 8.42 Å². The molecule has 10 heteroatoms. The number of aryl methyl sites for hydroxylation is 1. The van der Waals surface area contributed by atoms with E-state index in [1.54, 1.807) is 18.2 Å². The Bertz CT molecular complexity index is 841. The Kier molecular flexibility index (Phi) is 3.14. The van der Waals surface area contributed by atoms with Crippen molar-refractivity contribution in [3.05, 3.63) is 42.5 Å². The Morgan fingerprint density at radius 1 is 1.33 bits per heavy atom. The summed E-state index contributed by atoms with van der Waals surface area (Å²) in [6.45, 7) is 1.84. The van der Waals surface area contributed by atoms with Crippen molar-refractivity contribution >= 4 is 15.7 Å². The van der Waals surface area contributed by atoms with Crippen LogP contribution in [0, 0.1) is 6.92 Å². The highest BCUT2D eigenvalue weighted by atomic mass is 32.2. The molecule has 108 valence electrons. The van der Waals surface area contributed by atoms with E-state index in [2.05, 4.69) is 30.4 Å². The average molecular weight is 305 g/mol. The molecule has 21 heavy (non-hydrogen) atoms. The highest BCUT2D eigenvalue weighted by Gasteiger charge is 2.15. The molecule has 0 bridgehead atoms. The molecular formula is C11H11N7O2S. The molecule has 0 aliphatic rings. The molecule has 3 rings (SSSR count). The normalized spacial score (nSPS) is 11.5. The summed E-state index contributed by atoms with van der Waals surface area (Å²) in [6, 6.07) is 5.08.